The van der Waals surface area contributed by atoms with E-state index < -0.39 is 0 Å². The van der Waals surface area contributed by atoms with Crippen LogP contribution in [0.5, 0.6) is 5.88 Å². The molecule has 0 unspecified atom stereocenters. The van der Waals surface area contributed by atoms with E-state index in [1.807, 2.05) is 0 Å². The Bertz CT molecular complexity index is 690. The normalized spacial score (nSPS) is 15.2. The van der Waals surface area contributed by atoms with E-state index in [0.29, 0.717) is 29.6 Å². The lowest BCUT2D eigenvalue weighted by Crippen LogP contribution is -2.30. The van der Waals surface area contributed by atoms with Crippen LogP contribution >= 0.6 is 0 Å². The van der Waals surface area contributed by atoms with Gasteiger partial charge in [-0.3, -0.25) is 4.79 Å². The maximum atomic E-state index is 12.6. The molecule has 3 N–H and O–H groups in total. The van der Waals surface area contributed by atoms with E-state index >= 15 is 0 Å². The second kappa shape index (κ2) is 7.33. The van der Waals surface area contributed by atoms with Gasteiger partial charge in [-0.25, -0.2) is 4.98 Å². The Balaban J connectivity index is 1.74. The van der Waals surface area contributed by atoms with E-state index in [9.17, 15) is 4.79 Å². The average Bonchev–Trinajstić information content (AvgIpc) is 3.02. The molecule has 2 aromatic rings. The van der Waals surface area contributed by atoms with Gasteiger partial charge in [-0.15, -0.1) is 0 Å². The lowest BCUT2D eigenvalue weighted by Gasteiger charge is -2.21. The fourth-order valence-corrected chi connectivity index (χ4v) is 3.08. The van der Waals surface area contributed by atoms with Crippen molar-refractivity contribution in [3.8, 4) is 17.1 Å². The number of carbonyl (C=O) groups excluding carboxylic acids is 1. The molecule has 2 aromatic heterocycles. The van der Waals surface area contributed by atoms with Gasteiger partial charge in [0.25, 0.3) is 5.91 Å². The summed E-state index contributed by atoms with van der Waals surface area (Å²) < 4.78 is 10.1. The van der Waals surface area contributed by atoms with Gasteiger partial charge in [0, 0.05) is 24.4 Å². The van der Waals surface area contributed by atoms with Gasteiger partial charge in [0.2, 0.25) is 11.8 Å². The number of anilines is 1. The summed E-state index contributed by atoms with van der Waals surface area (Å²) in [5.41, 5.74) is 7.12. The van der Waals surface area contributed by atoms with Gasteiger partial charge in [0.15, 0.2) is 0 Å². The maximum absolute atomic E-state index is 12.6. The summed E-state index contributed by atoms with van der Waals surface area (Å²) in [4.78, 5) is 16.7. The van der Waals surface area contributed by atoms with Crippen molar-refractivity contribution in [1.29, 1.82) is 0 Å². The van der Waals surface area contributed by atoms with Crippen LogP contribution < -0.4 is 15.8 Å². The summed E-state index contributed by atoms with van der Waals surface area (Å²) >= 11 is 0. The number of aromatic nitrogens is 2. The van der Waals surface area contributed by atoms with E-state index in [-0.39, 0.29) is 17.4 Å². The fourth-order valence-electron chi connectivity index (χ4n) is 3.08. The minimum atomic E-state index is -0.259. The molecule has 128 valence electrons. The van der Waals surface area contributed by atoms with Crippen LogP contribution in [-0.4, -0.2) is 29.7 Å². The Hall–Kier alpha value is -2.57. The van der Waals surface area contributed by atoms with Gasteiger partial charge < -0.3 is 20.3 Å². The molecule has 0 atom stereocenters. The Morgan fingerprint density at radius 3 is 2.83 bits per heavy atom. The Labute approximate surface area is 140 Å². The third-order valence-electron chi connectivity index (χ3n) is 4.44. The highest BCUT2D eigenvalue weighted by atomic mass is 16.5. The predicted molar refractivity (Wildman–Crippen MR) is 89.6 cm³/mol. The molecule has 0 radical (unpaired) electrons. The van der Waals surface area contributed by atoms with Gasteiger partial charge in [-0.05, 0) is 24.8 Å². The van der Waals surface area contributed by atoms with Crippen molar-refractivity contribution >= 4 is 11.8 Å². The van der Waals surface area contributed by atoms with Crippen molar-refractivity contribution in [3.63, 3.8) is 0 Å². The summed E-state index contributed by atoms with van der Waals surface area (Å²) in [6.07, 6.45) is 7.66. The number of ether oxygens (including phenoxy) is 1. The zero-order valence-corrected chi connectivity index (χ0v) is 13.7. The average molecular weight is 330 g/mol. The highest BCUT2D eigenvalue weighted by Gasteiger charge is 2.23. The Morgan fingerprint density at radius 1 is 1.38 bits per heavy atom. The smallest absolute Gasteiger partial charge is 0.259 e. The van der Waals surface area contributed by atoms with Gasteiger partial charge in [-0.2, -0.15) is 0 Å². The molecule has 7 nitrogen and oxygen atoms in total. The first-order valence-electron chi connectivity index (χ1n) is 8.22. The van der Waals surface area contributed by atoms with Crippen molar-refractivity contribution in [2.75, 3.05) is 19.4 Å². The number of rotatable bonds is 5. The number of hydrogen-bond donors (Lipinski definition) is 2. The van der Waals surface area contributed by atoms with E-state index in [2.05, 4.69) is 15.5 Å². The van der Waals surface area contributed by atoms with Crippen LogP contribution in [0, 0.1) is 5.92 Å². The molecule has 1 saturated carbocycles. The SMILES string of the molecule is COc1ccc(-c2noc(N)c2C(=O)NCC2CCCCC2)cn1. The highest BCUT2D eigenvalue weighted by molar-refractivity contribution is 6.03. The lowest BCUT2D eigenvalue weighted by molar-refractivity contribution is 0.0944. The molecule has 7 heteroatoms. The second-order valence-corrected chi connectivity index (χ2v) is 6.07. The number of pyridine rings is 1. The van der Waals surface area contributed by atoms with Crippen LogP contribution in [0.25, 0.3) is 11.3 Å². The largest absolute Gasteiger partial charge is 0.481 e. The molecular weight excluding hydrogens is 308 g/mol. The van der Waals surface area contributed by atoms with Gasteiger partial charge in [-0.1, -0.05) is 24.4 Å². The molecule has 0 aromatic carbocycles. The number of nitrogens with zero attached hydrogens (tertiary/aromatic N) is 2. The quantitative estimate of drug-likeness (QED) is 0.873. The fraction of sp³-hybridized carbons (Fsp3) is 0.471. The van der Waals surface area contributed by atoms with Crippen molar-refractivity contribution in [1.82, 2.24) is 15.5 Å². The Morgan fingerprint density at radius 2 is 2.17 bits per heavy atom. The van der Waals surface area contributed by atoms with Crippen LogP contribution in [0.4, 0.5) is 5.88 Å². The molecule has 2 heterocycles. The van der Waals surface area contributed by atoms with Gasteiger partial charge >= 0.3 is 0 Å². The minimum absolute atomic E-state index is 0.0157. The minimum Gasteiger partial charge on any atom is -0.481 e. The van der Waals surface area contributed by atoms with E-state index in [0.717, 1.165) is 12.8 Å². The Kier molecular flexibility index (Phi) is 4.98. The molecule has 1 aliphatic rings. The number of amides is 1. The molecular formula is C17H22N4O3. The lowest BCUT2D eigenvalue weighted by atomic mass is 9.89. The second-order valence-electron chi connectivity index (χ2n) is 6.07. The predicted octanol–water partition coefficient (Wildman–Crippen LogP) is 2.64. The van der Waals surface area contributed by atoms with Crippen LogP contribution in [0.3, 0.4) is 0 Å². The summed E-state index contributed by atoms with van der Waals surface area (Å²) in [6.45, 7) is 0.657. The molecule has 0 bridgehead atoms. The zero-order valence-electron chi connectivity index (χ0n) is 13.7. The van der Waals surface area contributed by atoms with Crippen LogP contribution in [0.15, 0.2) is 22.9 Å². The molecule has 1 fully saturated rings. The molecule has 0 saturated heterocycles. The molecule has 0 aliphatic heterocycles. The highest BCUT2D eigenvalue weighted by Crippen LogP contribution is 2.28. The van der Waals surface area contributed by atoms with Crippen molar-refractivity contribution in [2.45, 2.75) is 32.1 Å². The zero-order chi connectivity index (χ0) is 16.9. The van der Waals surface area contributed by atoms with Crippen LogP contribution in [-0.2, 0) is 0 Å². The number of methoxy groups -OCH3 is 1. The summed E-state index contributed by atoms with van der Waals surface area (Å²) in [5, 5.41) is 6.88. The van der Waals surface area contributed by atoms with Crippen molar-refractivity contribution in [2.24, 2.45) is 5.92 Å². The van der Waals surface area contributed by atoms with Crippen molar-refractivity contribution < 1.29 is 14.1 Å². The first kappa shape index (κ1) is 16.3. The third-order valence-corrected chi connectivity index (χ3v) is 4.44. The van der Waals surface area contributed by atoms with E-state index in [1.165, 1.54) is 19.3 Å². The van der Waals surface area contributed by atoms with E-state index in [1.54, 1.807) is 25.4 Å². The number of hydrogen-bond acceptors (Lipinski definition) is 6. The standard InChI is InChI=1S/C17H22N4O3/c1-23-13-8-7-12(10-19-13)15-14(16(18)24-21-15)17(22)20-9-11-5-3-2-4-6-11/h7-8,10-11H,2-6,9,18H2,1H3,(H,20,22). The molecule has 1 amide bonds. The van der Waals surface area contributed by atoms with Gasteiger partial charge in [0.05, 0.1) is 7.11 Å². The monoisotopic (exact) mass is 330 g/mol. The number of nitrogen functional groups attached to an aromatic ring is 1. The molecule has 1 aliphatic carbocycles. The topological polar surface area (TPSA) is 103 Å². The summed E-state index contributed by atoms with van der Waals surface area (Å²) in [7, 11) is 1.54. The molecule has 0 spiro atoms. The van der Waals surface area contributed by atoms with Crippen LogP contribution in [0.2, 0.25) is 0 Å². The molecule has 24 heavy (non-hydrogen) atoms. The maximum Gasteiger partial charge on any atom is 0.259 e. The van der Waals surface area contributed by atoms with Gasteiger partial charge in [0.1, 0.15) is 11.3 Å². The first-order valence-corrected chi connectivity index (χ1v) is 8.22. The van der Waals surface area contributed by atoms with E-state index in [4.69, 9.17) is 15.0 Å². The number of carbonyl (C=O) groups is 1. The molecule has 3 rings (SSSR count). The van der Waals surface area contributed by atoms with Crippen molar-refractivity contribution in [3.05, 3.63) is 23.9 Å². The number of nitrogens with two attached hydrogens (primary N) is 1. The first-order chi connectivity index (χ1) is 11.7. The summed E-state index contributed by atoms with van der Waals surface area (Å²) in [6, 6.07) is 3.46. The third kappa shape index (κ3) is 3.50. The summed E-state index contributed by atoms with van der Waals surface area (Å²) in [5.74, 6) is 0.778. The number of nitrogens with one attached hydrogen (secondary N) is 1. The van der Waals surface area contributed by atoms with Crippen LogP contribution in [0.1, 0.15) is 42.5 Å².